The molecule has 0 radical (unpaired) electrons. The third-order valence-corrected chi connectivity index (χ3v) is 1.03. The van der Waals surface area contributed by atoms with Crippen LogP contribution in [0.15, 0.2) is 6.33 Å². The van der Waals surface area contributed by atoms with Crippen molar-refractivity contribution in [1.29, 1.82) is 0 Å². The predicted octanol–water partition coefficient (Wildman–Crippen LogP) is -1.69. The normalized spacial score (nSPS) is 8.00. The molecule has 0 fully saturated rings. The largest absolute Gasteiger partial charge is 1.00 e. The van der Waals surface area contributed by atoms with Crippen LogP contribution in [-0.4, -0.2) is 15.0 Å². The summed E-state index contributed by atoms with van der Waals surface area (Å²) < 4.78 is 0.916. The maximum absolute atomic E-state index is 4.68. The Labute approximate surface area is 85.7 Å². The second-order valence-corrected chi connectivity index (χ2v) is 1.96. The van der Waals surface area contributed by atoms with E-state index < -0.39 is 0 Å². The molecule has 0 bridgehead atoms. The molecule has 6 heteroatoms. The number of aromatic nitrogens is 3. The van der Waals surface area contributed by atoms with Crippen LogP contribution in [0.2, 0.25) is 0 Å². The average Bonchev–Trinajstić information content (AvgIpc) is 1.64. The minimum absolute atomic E-state index is 0. The van der Waals surface area contributed by atoms with Crippen molar-refractivity contribution in [3.05, 3.63) is 15.9 Å². The fourth-order valence-electron chi connectivity index (χ4n) is 0.315. The van der Waals surface area contributed by atoms with Gasteiger partial charge in [0.25, 0.3) is 0 Å². The van der Waals surface area contributed by atoms with E-state index in [9.17, 15) is 0 Å². The van der Waals surface area contributed by atoms with Gasteiger partial charge in [-0.2, -0.15) is 0 Å². The maximum Gasteiger partial charge on any atom is 1.00 e. The Hall–Kier alpha value is 0.450. The van der Waals surface area contributed by atoms with Gasteiger partial charge < -0.3 is 11.4 Å². The quantitative estimate of drug-likeness (QED) is 0.360. The van der Waals surface area contributed by atoms with E-state index in [-0.39, 0.29) is 31.0 Å². The topological polar surface area (TPSA) is 44.5 Å². The van der Waals surface area contributed by atoms with Crippen LogP contribution in [0.1, 0.15) is 1.43 Å². The van der Waals surface area contributed by atoms with E-state index in [1.54, 1.807) is 0 Å². The van der Waals surface area contributed by atoms with E-state index in [1.165, 1.54) is 6.33 Å². The van der Waals surface area contributed by atoms with Crippen molar-refractivity contribution in [2.24, 2.45) is 0 Å². The summed E-state index contributed by atoms with van der Waals surface area (Å²) >= 11 is 9.33. The number of hydrogen-bond acceptors (Lipinski definition) is 3. The fraction of sp³-hybridized carbons (Fsp3) is 0. The summed E-state index contributed by atoms with van der Waals surface area (Å²) in [5, 5.41) is 0. The smallest absolute Gasteiger partial charge is 1.00 e. The minimum Gasteiger partial charge on any atom is -1.00 e. The molecule has 0 aliphatic carbocycles. The van der Waals surface area contributed by atoms with Gasteiger partial charge in [0.05, 0.1) is 6.33 Å². The second kappa shape index (κ2) is 4.29. The standard InChI is InChI=1S/C3H3N3S2.Na.H/c7-2-4-1-5-3(8)6-2;;/h1H,(H2,4,5,6,7,8);;/q;+1;-1. The summed E-state index contributed by atoms with van der Waals surface area (Å²) in [7, 11) is 0. The van der Waals surface area contributed by atoms with Gasteiger partial charge in [0.1, 0.15) is 0 Å². The molecule has 0 saturated carbocycles. The maximum atomic E-state index is 4.68. The summed E-state index contributed by atoms with van der Waals surface area (Å²) in [4.78, 5) is 8.96. The van der Waals surface area contributed by atoms with Gasteiger partial charge in [-0.15, -0.1) is 0 Å². The molecule has 3 nitrogen and oxygen atoms in total. The van der Waals surface area contributed by atoms with Crippen LogP contribution in [0, 0.1) is 9.54 Å². The van der Waals surface area contributed by atoms with Gasteiger partial charge in [-0.25, -0.2) is 4.98 Å². The summed E-state index contributed by atoms with van der Waals surface area (Å²) in [6, 6.07) is 0. The monoisotopic (exact) mass is 169 g/mol. The van der Waals surface area contributed by atoms with Gasteiger partial charge in [-0.3, -0.25) is 0 Å². The van der Waals surface area contributed by atoms with Crippen LogP contribution in [0.4, 0.5) is 0 Å². The van der Waals surface area contributed by atoms with Gasteiger partial charge in [0, 0.05) is 0 Å². The molecule has 0 aliphatic rings. The third kappa shape index (κ3) is 3.22. The SMILES string of the molecule is S=c1nc[nH]c(=S)[nH]1.[H-].[Na+]. The van der Waals surface area contributed by atoms with Crippen LogP contribution < -0.4 is 29.6 Å². The zero-order chi connectivity index (χ0) is 5.98. The molecule has 0 amide bonds. The van der Waals surface area contributed by atoms with Crippen molar-refractivity contribution < 1.29 is 31.0 Å². The summed E-state index contributed by atoms with van der Waals surface area (Å²) in [5.74, 6) is 0. The molecular formula is C3H4N3NaS2. The summed E-state index contributed by atoms with van der Waals surface area (Å²) in [5.41, 5.74) is 0. The van der Waals surface area contributed by atoms with Gasteiger partial charge in [0.2, 0.25) is 0 Å². The average molecular weight is 169 g/mol. The zero-order valence-electron chi connectivity index (χ0n) is 5.84. The van der Waals surface area contributed by atoms with Crippen LogP contribution in [0.25, 0.3) is 0 Å². The predicted molar refractivity (Wildman–Crippen MR) is 35.7 cm³/mol. The molecule has 1 aromatic rings. The summed E-state index contributed by atoms with van der Waals surface area (Å²) in [6.07, 6.45) is 1.46. The van der Waals surface area contributed by atoms with Gasteiger partial charge >= 0.3 is 29.6 Å². The molecule has 0 spiro atoms. The van der Waals surface area contributed by atoms with E-state index in [4.69, 9.17) is 0 Å². The summed E-state index contributed by atoms with van der Waals surface area (Å²) in [6.45, 7) is 0. The molecule has 0 aliphatic heterocycles. The van der Waals surface area contributed by atoms with Crippen molar-refractivity contribution in [1.82, 2.24) is 15.0 Å². The molecule has 0 saturated heterocycles. The van der Waals surface area contributed by atoms with E-state index in [1.807, 2.05) is 0 Å². The molecule has 9 heavy (non-hydrogen) atoms. The van der Waals surface area contributed by atoms with E-state index in [0.29, 0.717) is 9.54 Å². The molecular weight excluding hydrogens is 165 g/mol. The molecule has 1 aromatic heterocycles. The molecule has 44 valence electrons. The Morgan fingerprint density at radius 3 is 2.56 bits per heavy atom. The first-order chi connectivity index (χ1) is 3.79. The zero-order valence-corrected chi connectivity index (χ0v) is 8.47. The molecule has 2 N–H and O–H groups in total. The van der Waals surface area contributed by atoms with Crippen molar-refractivity contribution >= 4 is 24.4 Å². The Morgan fingerprint density at radius 2 is 2.22 bits per heavy atom. The number of H-pyrrole nitrogens is 2. The van der Waals surface area contributed by atoms with Crippen LogP contribution in [0.5, 0.6) is 0 Å². The van der Waals surface area contributed by atoms with Crippen LogP contribution in [-0.2, 0) is 0 Å². The van der Waals surface area contributed by atoms with Crippen LogP contribution in [0.3, 0.4) is 0 Å². The Bertz CT molecular complexity index is 256. The van der Waals surface area contributed by atoms with Crippen LogP contribution >= 0.6 is 24.4 Å². The molecule has 0 atom stereocenters. The van der Waals surface area contributed by atoms with Crippen molar-refractivity contribution in [2.75, 3.05) is 0 Å². The van der Waals surface area contributed by atoms with E-state index in [0.717, 1.165) is 0 Å². The Balaban J connectivity index is 0. The van der Waals surface area contributed by atoms with Gasteiger partial charge in [-0.05, 0) is 24.4 Å². The number of aromatic amines is 2. The molecule has 1 heterocycles. The number of nitrogens with zero attached hydrogens (tertiary/aromatic N) is 1. The fourth-order valence-corrected chi connectivity index (χ4v) is 0.684. The number of rotatable bonds is 0. The molecule has 1 rings (SSSR count). The first-order valence-corrected chi connectivity index (χ1v) is 2.75. The number of nitrogens with one attached hydrogen (secondary N) is 2. The van der Waals surface area contributed by atoms with E-state index >= 15 is 0 Å². The minimum atomic E-state index is 0. The Kier molecular flexibility index (Phi) is 4.51. The third-order valence-electron chi connectivity index (χ3n) is 0.598. The van der Waals surface area contributed by atoms with E-state index in [2.05, 4.69) is 39.4 Å². The van der Waals surface area contributed by atoms with Gasteiger partial charge in [-0.1, -0.05) is 0 Å². The van der Waals surface area contributed by atoms with Crippen molar-refractivity contribution in [3.8, 4) is 0 Å². The first-order valence-electron chi connectivity index (χ1n) is 1.93. The van der Waals surface area contributed by atoms with Crippen molar-refractivity contribution in [2.45, 2.75) is 0 Å². The van der Waals surface area contributed by atoms with Gasteiger partial charge in [0.15, 0.2) is 9.54 Å². The second-order valence-electron chi connectivity index (χ2n) is 1.16. The van der Waals surface area contributed by atoms with Crippen molar-refractivity contribution in [3.63, 3.8) is 0 Å². The number of hydrogen-bond donors (Lipinski definition) is 2. The first kappa shape index (κ1) is 9.45. The molecule has 0 unspecified atom stereocenters. The Morgan fingerprint density at radius 1 is 1.56 bits per heavy atom. The molecule has 0 aromatic carbocycles.